The van der Waals surface area contributed by atoms with E-state index < -0.39 is 0 Å². The molecule has 0 aromatic heterocycles. The number of phenols is 1. The molecule has 3 heteroatoms. The van der Waals surface area contributed by atoms with Gasteiger partial charge < -0.3 is 9.84 Å². The highest BCUT2D eigenvalue weighted by atomic mass is 127. The van der Waals surface area contributed by atoms with Crippen molar-refractivity contribution < 1.29 is 9.84 Å². The summed E-state index contributed by atoms with van der Waals surface area (Å²) in [4.78, 5) is 0. The molecular formula is C13H21IO2. The van der Waals surface area contributed by atoms with Gasteiger partial charge in [-0.25, -0.2) is 0 Å². The molecule has 0 heterocycles. The summed E-state index contributed by atoms with van der Waals surface area (Å²) in [6, 6.07) is 6.73. The van der Waals surface area contributed by atoms with E-state index in [1.807, 2.05) is 20.8 Å². The molecule has 0 aliphatic carbocycles. The van der Waals surface area contributed by atoms with Crippen LogP contribution in [0.15, 0.2) is 24.3 Å². The molecule has 0 aliphatic heterocycles. The maximum absolute atomic E-state index is 9.00. The predicted octanol–water partition coefficient (Wildman–Crippen LogP) is 4.40. The third-order valence-electron chi connectivity index (χ3n) is 1.45. The first kappa shape index (κ1) is 15.6. The first-order valence-electron chi connectivity index (χ1n) is 5.43. The molecule has 16 heavy (non-hydrogen) atoms. The van der Waals surface area contributed by atoms with Gasteiger partial charge in [-0.2, -0.15) is 0 Å². The Morgan fingerprint density at radius 3 is 1.94 bits per heavy atom. The normalized spacial score (nSPS) is 10.3. The Balaban J connectivity index is 0.000000487. The summed E-state index contributed by atoms with van der Waals surface area (Å²) in [5.41, 5.74) is -0.184. The van der Waals surface area contributed by atoms with Crippen molar-refractivity contribution in [3.8, 4) is 11.5 Å². The van der Waals surface area contributed by atoms with Crippen LogP contribution >= 0.6 is 22.6 Å². The number of benzene rings is 1. The highest BCUT2D eigenvalue weighted by Crippen LogP contribution is 2.20. The van der Waals surface area contributed by atoms with Gasteiger partial charge in [0.2, 0.25) is 0 Å². The number of rotatable bonds is 2. The summed E-state index contributed by atoms with van der Waals surface area (Å²) in [6.07, 6.45) is 1.31. The molecule has 1 rings (SSSR count). The number of halogens is 1. The maximum Gasteiger partial charge on any atom is 0.120 e. The van der Waals surface area contributed by atoms with Gasteiger partial charge in [0.25, 0.3) is 0 Å². The number of hydrogen-bond acceptors (Lipinski definition) is 2. The van der Waals surface area contributed by atoms with Gasteiger partial charge in [-0.1, -0.05) is 29.5 Å². The van der Waals surface area contributed by atoms with Gasteiger partial charge in [-0.05, 0) is 55.9 Å². The molecule has 2 nitrogen and oxygen atoms in total. The molecule has 0 radical (unpaired) electrons. The average Bonchev–Trinajstić information content (AvgIpc) is 2.20. The number of ether oxygens (including phenoxy) is 1. The molecule has 0 bridgehead atoms. The minimum Gasteiger partial charge on any atom is -0.508 e. The van der Waals surface area contributed by atoms with E-state index in [0.29, 0.717) is 0 Å². The molecule has 0 unspecified atom stereocenters. The topological polar surface area (TPSA) is 29.5 Å². The Kier molecular flexibility index (Phi) is 7.55. The maximum atomic E-state index is 9.00. The van der Waals surface area contributed by atoms with Crippen LogP contribution in [0.25, 0.3) is 0 Å². The van der Waals surface area contributed by atoms with E-state index in [9.17, 15) is 0 Å². The lowest BCUT2D eigenvalue weighted by molar-refractivity contribution is 0.131. The van der Waals surface area contributed by atoms with Crippen molar-refractivity contribution in [3.63, 3.8) is 0 Å². The van der Waals surface area contributed by atoms with E-state index in [1.54, 1.807) is 24.3 Å². The zero-order valence-electron chi connectivity index (χ0n) is 10.5. The van der Waals surface area contributed by atoms with E-state index in [0.717, 1.165) is 5.75 Å². The molecule has 0 saturated carbocycles. The Morgan fingerprint density at radius 1 is 1.19 bits per heavy atom. The first-order valence-corrected chi connectivity index (χ1v) is 6.95. The van der Waals surface area contributed by atoms with Crippen LogP contribution in [0.5, 0.6) is 11.5 Å². The molecule has 1 N–H and O–H groups in total. The van der Waals surface area contributed by atoms with E-state index >= 15 is 0 Å². The highest BCUT2D eigenvalue weighted by molar-refractivity contribution is 14.1. The Morgan fingerprint density at radius 2 is 1.62 bits per heavy atom. The third kappa shape index (κ3) is 8.83. The van der Waals surface area contributed by atoms with Gasteiger partial charge in [0.1, 0.15) is 17.1 Å². The number of phenolic OH excluding ortho intramolecular Hbond substituents is 1. The monoisotopic (exact) mass is 336 g/mol. The quantitative estimate of drug-likeness (QED) is 0.641. The third-order valence-corrected chi connectivity index (χ3v) is 2.53. The van der Waals surface area contributed by atoms with Crippen molar-refractivity contribution in [2.24, 2.45) is 0 Å². The SMILES string of the molecule is CC(C)(C)Oc1ccc(O)cc1.CCCI. The fraction of sp³-hybridized carbons (Fsp3) is 0.538. The van der Waals surface area contributed by atoms with Crippen molar-refractivity contribution in [3.05, 3.63) is 24.3 Å². The zero-order valence-corrected chi connectivity index (χ0v) is 12.6. The summed E-state index contributed by atoms with van der Waals surface area (Å²) in [5, 5.41) is 9.00. The Hall–Kier alpha value is -0.450. The van der Waals surface area contributed by atoms with Gasteiger partial charge in [0.15, 0.2) is 0 Å². The van der Waals surface area contributed by atoms with Crippen molar-refractivity contribution in [2.45, 2.75) is 39.7 Å². The standard InChI is InChI=1S/C10H14O2.C3H7I/c1-10(2,3)12-9-6-4-8(11)5-7-9;1-2-3-4/h4-7,11H,1-3H3;2-3H2,1H3. The summed E-state index contributed by atoms with van der Waals surface area (Å²) in [6.45, 7) is 8.13. The second-order valence-corrected chi connectivity index (χ2v) is 5.48. The van der Waals surface area contributed by atoms with Crippen LogP contribution in [0.4, 0.5) is 0 Å². The molecule has 0 aliphatic rings. The summed E-state index contributed by atoms with van der Waals surface area (Å²) in [5.74, 6) is 1.04. The van der Waals surface area contributed by atoms with E-state index in [-0.39, 0.29) is 11.4 Å². The molecule has 1 aromatic carbocycles. The predicted molar refractivity (Wildman–Crippen MR) is 77.7 cm³/mol. The van der Waals surface area contributed by atoms with Crippen LogP contribution in [0, 0.1) is 0 Å². The highest BCUT2D eigenvalue weighted by Gasteiger charge is 2.10. The van der Waals surface area contributed by atoms with E-state index in [1.165, 1.54) is 10.8 Å². The van der Waals surface area contributed by atoms with Crippen LogP contribution < -0.4 is 4.74 Å². The minimum atomic E-state index is -0.184. The number of hydrogen-bond donors (Lipinski definition) is 1. The Bertz CT molecular complexity index is 273. The lowest BCUT2D eigenvalue weighted by Gasteiger charge is -2.20. The summed E-state index contributed by atoms with van der Waals surface area (Å²) < 4.78 is 6.84. The van der Waals surface area contributed by atoms with Crippen LogP contribution in [0.2, 0.25) is 0 Å². The fourth-order valence-electron chi connectivity index (χ4n) is 0.868. The van der Waals surface area contributed by atoms with E-state index in [4.69, 9.17) is 9.84 Å². The second-order valence-electron chi connectivity index (χ2n) is 4.40. The molecule has 0 amide bonds. The number of alkyl halides is 1. The van der Waals surface area contributed by atoms with Gasteiger partial charge in [0.05, 0.1) is 0 Å². The van der Waals surface area contributed by atoms with Crippen LogP contribution in [0.1, 0.15) is 34.1 Å². The van der Waals surface area contributed by atoms with Crippen molar-refractivity contribution >= 4 is 22.6 Å². The van der Waals surface area contributed by atoms with E-state index in [2.05, 4.69) is 29.5 Å². The summed E-state index contributed by atoms with van der Waals surface area (Å²) >= 11 is 2.35. The minimum absolute atomic E-state index is 0.184. The summed E-state index contributed by atoms with van der Waals surface area (Å²) in [7, 11) is 0. The first-order chi connectivity index (χ1) is 7.39. The zero-order chi connectivity index (χ0) is 12.6. The molecule has 0 spiro atoms. The van der Waals surface area contributed by atoms with Crippen molar-refractivity contribution in [1.82, 2.24) is 0 Å². The van der Waals surface area contributed by atoms with Crippen molar-refractivity contribution in [2.75, 3.05) is 4.43 Å². The van der Waals surface area contributed by atoms with Crippen molar-refractivity contribution in [1.29, 1.82) is 0 Å². The van der Waals surface area contributed by atoms with Crippen LogP contribution in [-0.4, -0.2) is 15.1 Å². The average molecular weight is 336 g/mol. The van der Waals surface area contributed by atoms with Gasteiger partial charge in [0, 0.05) is 0 Å². The largest absolute Gasteiger partial charge is 0.508 e. The molecule has 0 fully saturated rings. The van der Waals surface area contributed by atoms with Gasteiger partial charge in [-0.3, -0.25) is 0 Å². The molecule has 0 saturated heterocycles. The molecule has 1 aromatic rings. The lowest BCUT2D eigenvalue weighted by Crippen LogP contribution is -2.22. The molecule has 0 atom stereocenters. The van der Waals surface area contributed by atoms with Crippen LogP contribution in [-0.2, 0) is 0 Å². The van der Waals surface area contributed by atoms with Gasteiger partial charge in [-0.15, -0.1) is 0 Å². The smallest absolute Gasteiger partial charge is 0.120 e. The lowest BCUT2D eigenvalue weighted by atomic mass is 10.2. The second kappa shape index (κ2) is 7.76. The van der Waals surface area contributed by atoms with Crippen LogP contribution in [0.3, 0.4) is 0 Å². The molecular weight excluding hydrogens is 315 g/mol. The Labute approximate surface area is 112 Å². The molecule has 92 valence electrons. The number of aromatic hydroxyl groups is 1. The van der Waals surface area contributed by atoms with Gasteiger partial charge >= 0.3 is 0 Å². The fourth-order valence-corrected chi connectivity index (χ4v) is 0.868.